The first kappa shape index (κ1) is 14.9. The van der Waals surface area contributed by atoms with E-state index in [1.165, 1.54) is 0 Å². The van der Waals surface area contributed by atoms with E-state index < -0.39 is 6.04 Å². The molecule has 1 atom stereocenters. The highest BCUT2D eigenvalue weighted by Crippen LogP contribution is 2.39. The molecule has 1 unspecified atom stereocenters. The van der Waals surface area contributed by atoms with Gasteiger partial charge in [0.05, 0.1) is 11.6 Å². The summed E-state index contributed by atoms with van der Waals surface area (Å²) in [5, 5.41) is 3.52. The van der Waals surface area contributed by atoms with Gasteiger partial charge in [-0.25, -0.2) is 4.79 Å². The molecule has 0 saturated heterocycles. The molecule has 110 valence electrons. The summed E-state index contributed by atoms with van der Waals surface area (Å²) in [6.07, 6.45) is 0. The normalized spacial score (nSPS) is 14.8. The summed E-state index contributed by atoms with van der Waals surface area (Å²) >= 11 is 6.19. The van der Waals surface area contributed by atoms with Crippen LogP contribution >= 0.6 is 11.6 Å². The Labute approximate surface area is 123 Å². The van der Waals surface area contributed by atoms with E-state index in [4.69, 9.17) is 25.8 Å². The molecule has 0 aliphatic carbocycles. The Kier molecular flexibility index (Phi) is 5.09. The van der Waals surface area contributed by atoms with Crippen LogP contribution in [0.1, 0.15) is 25.5 Å². The van der Waals surface area contributed by atoms with Gasteiger partial charge >= 0.3 is 5.97 Å². The van der Waals surface area contributed by atoms with Crippen LogP contribution in [-0.4, -0.2) is 32.3 Å². The van der Waals surface area contributed by atoms with Crippen molar-refractivity contribution in [2.75, 3.05) is 26.4 Å². The van der Waals surface area contributed by atoms with Gasteiger partial charge in [-0.05, 0) is 31.2 Å². The molecule has 2 rings (SSSR count). The summed E-state index contributed by atoms with van der Waals surface area (Å²) in [5.41, 5.74) is 0.708. The molecule has 20 heavy (non-hydrogen) atoms. The monoisotopic (exact) mass is 299 g/mol. The lowest BCUT2D eigenvalue weighted by Crippen LogP contribution is -2.30. The third-order valence-electron chi connectivity index (χ3n) is 2.88. The van der Waals surface area contributed by atoms with E-state index >= 15 is 0 Å². The van der Waals surface area contributed by atoms with Crippen LogP contribution in [0.2, 0.25) is 5.02 Å². The molecule has 0 amide bonds. The van der Waals surface area contributed by atoms with E-state index in [-0.39, 0.29) is 5.97 Å². The highest BCUT2D eigenvalue weighted by atomic mass is 35.5. The lowest BCUT2D eigenvalue weighted by molar-refractivity contribution is -0.145. The Morgan fingerprint density at radius 1 is 1.40 bits per heavy atom. The molecule has 1 aliphatic rings. The van der Waals surface area contributed by atoms with Crippen molar-refractivity contribution < 1.29 is 19.0 Å². The maximum Gasteiger partial charge on any atom is 0.327 e. The van der Waals surface area contributed by atoms with Gasteiger partial charge in [-0.3, -0.25) is 0 Å². The fourth-order valence-corrected chi connectivity index (χ4v) is 2.34. The number of hydrogen-bond acceptors (Lipinski definition) is 5. The van der Waals surface area contributed by atoms with E-state index in [1.807, 2.05) is 6.92 Å². The Balaban J connectivity index is 2.33. The van der Waals surface area contributed by atoms with Gasteiger partial charge in [0.15, 0.2) is 11.5 Å². The van der Waals surface area contributed by atoms with Gasteiger partial charge in [0.25, 0.3) is 0 Å². The molecule has 0 aromatic heterocycles. The minimum absolute atomic E-state index is 0.331. The van der Waals surface area contributed by atoms with Crippen molar-refractivity contribution >= 4 is 17.6 Å². The Morgan fingerprint density at radius 3 is 2.85 bits per heavy atom. The number of ether oxygens (including phenoxy) is 3. The molecule has 5 nitrogen and oxygen atoms in total. The number of carbonyl (C=O) groups is 1. The van der Waals surface area contributed by atoms with Crippen LogP contribution in [0, 0.1) is 0 Å². The number of carbonyl (C=O) groups excluding carboxylic acids is 1. The minimum Gasteiger partial charge on any atom is -0.486 e. The van der Waals surface area contributed by atoms with Crippen molar-refractivity contribution in [1.29, 1.82) is 0 Å². The van der Waals surface area contributed by atoms with Crippen LogP contribution < -0.4 is 14.8 Å². The second kappa shape index (κ2) is 6.81. The first-order valence-electron chi connectivity index (χ1n) is 6.66. The number of halogens is 1. The molecule has 0 bridgehead atoms. The van der Waals surface area contributed by atoms with Crippen molar-refractivity contribution in [2.45, 2.75) is 19.9 Å². The zero-order valence-electron chi connectivity index (χ0n) is 11.6. The second-order valence-electron chi connectivity index (χ2n) is 4.27. The van der Waals surface area contributed by atoms with Crippen molar-refractivity contribution in [3.63, 3.8) is 0 Å². The number of likely N-dealkylation sites (N-methyl/N-ethyl adjacent to an activating group) is 1. The SMILES string of the molecule is CCNC(C(=O)OCC)c1cc(Cl)c2c(c1)OCCO2. The van der Waals surface area contributed by atoms with Crippen LogP contribution in [0.15, 0.2) is 12.1 Å². The first-order chi connectivity index (χ1) is 9.67. The fraction of sp³-hybridized carbons (Fsp3) is 0.500. The minimum atomic E-state index is -0.562. The van der Waals surface area contributed by atoms with Gasteiger partial charge in [0.2, 0.25) is 0 Å². The van der Waals surface area contributed by atoms with Crippen molar-refractivity contribution in [2.24, 2.45) is 0 Å². The zero-order chi connectivity index (χ0) is 14.5. The summed E-state index contributed by atoms with van der Waals surface area (Å²) in [6.45, 7) is 5.61. The van der Waals surface area contributed by atoms with Gasteiger partial charge in [-0.1, -0.05) is 18.5 Å². The number of nitrogens with one attached hydrogen (secondary N) is 1. The molecule has 1 aromatic carbocycles. The molecule has 0 saturated carbocycles. The number of hydrogen-bond donors (Lipinski definition) is 1. The number of rotatable bonds is 5. The molecular formula is C14H18ClNO4. The average molecular weight is 300 g/mol. The first-order valence-corrected chi connectivity index (χ1v) is 7.04. The molecular weight excluding hydrogens is 282 g/mol. The van der Waals surface area contributed by atoms with Crippen molar-refractivity contribution in [3.05, 3.63) is 22.7 Å². The largest absolute Gasteiger partial charge is 0.486 e. The van der Waals surface area contributed by atoms with Gasteiger partial charge < -0.3 is 19.5 Å². The predicted octanol–water partition coefficient (Wildman–Crippen LogP) is 2.32. The standard InChI is InChI=1S/C14H18ClNO4/c1-3-16-12(14(17)18-4-2)9-7-10(15)13-11(8-9)19-5-6-20-13/h7-8,12,16H,3-6H2,1-2H3. The zero-order valence-corrected chi connectivity index (χ0v) is 12.3. The van der Waals surface area contributed by atoms with E-state index in [1.54, 1.807) is 19.1 Å². The van der Waals surface area contributed by atoms with Crippen molar-refractivity contribution in [1.82, 2.24) is 5.32 Å². The predicted molar refractivity (Wildman–Crippen MR) is 75.5 cm³/mol. The van der Waals surface area contributed by atoms with Crippen LogP contribution in [0.4, 0.5) is 0 Å². The van der Waals surface area contributed by atoms with Crippen LogP contribution in [0.5, 0.6) is 11.5 Å². The third-order valence-corrected chi connectivity index (χ3v) is 3.16. The maximum atomic E-state index is 12.0. The summed E-state index contributed by atoms with van der Waals surface area (Å²) in [5.74, 6) is 0.758. The molecule has 1 aliphatic heterocycles. The molecule has 0 spiro atoms. The summed E-state index contributed by atoms with van der Waals surface area (Å²) in [4.78, 5) is 12.0. The van der Waals surface area contributed by atoms with E-state index in [9.17, 15) is 4.79 Å². The molecule has 0 radical (unpaired) electrons. The number of benzene rings is 1. The molecule has 1 aromatic rings. The summed E-state index contributed by atoms with van der Waals surface area (Å²) in [7, 11) is 0. The van der Waals surface area contributed by atoms with Crippen LogP contribution in [0.3, 0.4) is 0 Å². The van der Waals surface area contributed by atoms with Gasteiger partial charge in [-0.2, -0.15) is 0 Å². The fourth-order valence-electron chi connectivity index (χ4n) is 2.06. The number of esters is 1. The third kappa shape index (κ3) is 3.16. The summed E-state index contributed by atoms with van der Waals surface area (Å²) in [6, 6.07) is 2.91. The maximum absolute atomic E-state index is 12.0. The topological polar surface area (TPSA) is 56.8 Å². The Morgan fingerprint density at radius 2 is 2.15 bits per heavy atom. The van der Waals surface area contributed by atoms with E-state index in [2.05, 4.69) is 5.32 Å². The second-order valence-corrected chi connectivity index (χ2v) is 4.68. The van der Waals surface area contributed by atoms with Gasteiger partial charge in [0.1, 0.15) is 19.3 Å². The highest BCUT2D eigenvalue weighted by Gasteiger charge is 2.25. The van der Waals surface area contributed by atoms with Crippen LogP contribution in [0.25, 0.3) is 0 Å². The number of fused-ring (bicyclic) bond motifs is 1. The van der Waals surface area contributed by atoms with Crippen LogP contribution in [-0.2, 0) is 9.53 Å². The summed E-state index contributed by atoms with van der Waals surface area (Å²) < 4.78 is 16.1. The van der Waals surface area contributed by atoms with Gasteiger partial charge in [-0.15, -0.1) is 0 Å². The highest BCUT2D eigenvalue weighted by molar-refractivity contribution is 6.32. The van der Waals surface area contributed by atoms with E-state index in [0.29, 0.717) is 48.5 Å². The van der Waals surface area contributed by atoms with Crippen molar-refractivity contribution in [3.8, 4) is 11.5 Å². The molecule has 1 N–H and O–H groups in total. The molecule has 1 heterocycles. The average Bonchev–Trinajstić information content (AvgIpc) is 2.45. The molecule has 0 fully saturated rings. The lowest BCUT2D eigenvalue weighted by Gasteiger charge is -2.23. The lowest BCUT2D eigenvalue weighted by atomic mass is 10.1. The molecule has 6 heteroatoms. The quantitative estimate of drug-likeness (QED) is 0.846. The smallest absolute Gasteiger partial charge is 0.327 e. The Hall–Kier alpha value is -1.46. The van der Waals surface area contributed by atoms with Gasteiger partial charge in [0, 0.05) is 0 Å². The van der Waals surface area contributed by atoms with E-state index in [0.717, 1.165) is 0 Å². The Bertz CT molecular complexity index is 492.